The van der Waals surface area contributed by atoms with E-state index in [0.717, 1.165) is 5.56 Å². The van der Waals surface area contributed by atoms with E-state index in [1.807, 2.05) is 17.2 Å². The third kappa shape index (κ3) is 4.66. The number of benzene rings is 1. The highest BCUT2D eigenvalue weighted by atomic mass is 32.2. The van der Waals surface area contributed by atoms with Crippen molar-refractivity contribution in [2.24, 2.45) is 0 Å². The molecular formula is C14H15N3O5S. The molecule has 0 unspecified atom stereocenters. The third-order valence-corrected chi connectivity index (χ3v) is 4.10. The van der Waals surface area contributed by atoms with Crippen LogP contribution in [0, 0.1) is 6.92 Å². The van der Waals surface area contributed by atoms with Crippen LogP contribution in [0.2, 0.25) is 0 Å². The zero-order valence-electron chi connectivity index (χ0n) is 12.2. The van der Waals surface area contributed by atoms with Gasteiger partial charge in [-0.25, -0.2) is 8.42 Å². The summed E-state index contributed by atoms with van der Waals surface area (Å²) >= 11 is 0. The van der Waals surface area contributed by atoms with Crippen LogP contribution in [0.1, 0.15) is 11.3 Å². The van der Waals surface area contributed by atoms with Crippen LogP contribution in [0.15, 0.2) is 52.0 Å². The van der Waals surface area contributed by atoms with Crippen LogP contribution in [-0.2, 0) is 26.2 Å². The second-order valence-electron chi connectivity index (χ2n) is 4.63. The van der Waals surface area contributed by atoms with Gasteiger partial charge in [0, 0.05) is 0 Å². The van der Waals surface area contributed by atoms with Crippen molar-refractivity contribution in [1.29, 1.82) is 0 Å². The van der Waals surface area contributed by atoms with Gasteiger partial charge in [0.1, 0.15) is 5.76 Å². The maximum Gasteiger partial charge on any atom is 0.324 e. The number of rotatable bonds is 5. The van der Waals surface area contributed by atoms with Gasteiger partial charge < -0.3 is 9.73 Å². The van der Waals surface area contributed by atoms with Crippen LogP contribution in [0.3, 0.4) is 0 Å². The van der Waals surface area contributed by atoms with Crippen LogP contribution < -0.4 is 15.6 Å². The topological polar surface area (TPSA) is 118 Å². The minimum atomic E-state index is -3.94. The lowest BCUT2D eigenvalue weighted by Gasteiger charge is -2.08. The Labute approximate surface area is 132 Å². The number of furan rings is 1. The average molecular weight is 337 g/mol. The molecule has 0 saturated heterocycles. The standard InChI is InChI=1S/C14H15N3O5S/c1-10-4-6-12(7-5-10)23(20,21)17-16-14(19)13(18)15-9-11-3-2-8-22-11/h2-8,17H,9H2,1H3,(H,15,18)(H,16,19). The molecule has 0 aliphatic carbocycles. The van der Waals surface area contributed by atoms with Gasteiger partial charge in [-0.3, -0.25) is 15.0 Å². The molecule has 1 aromatic carbocycles. The number of hydrazine groups is 1. The highest BCUT2D eigenvalue weighted by Crippen LogP contribution is 2.08. The molecule has 2 rings (SSSR count). The fourth-order valence-corrected chi connectivity index (χ4v) is 2.45. The number of carbonyl (C=O) groups excluding carboxylic acids is 2. The third-order valence-electron chi connectivity index (χ3n) is 2.84. The smallest absolute Gasteiger partial charge is 0.324 e. The van der Waals surface area contributed by atoms with Crippen LogP contribution in [0.4, 0.5) is 0 Å². The van der Waals surface area contributed by atoms with E-state index >= 15 is 0 Å². The number of hydrogen-bond donors (Lipinski definition) is 3. The summed E-state index contributed by atoms with van der Waals surface area (Å²) in [7, 11) is -3.94. The summed E-state index contributed by atoms with van der Waals surface area (Å²) in [5.74, 6) is -1.66. The number of amides is 2. The molecule has 8 nitrogen and oxygen atoms in total. The van der Waals surface area contributed by atoms with E-state index < -0.39 is 21.8 Å². The number of carbonyl (C=O) groups is 2. The Kier molecular flexibility index (Phi) is 5.14. The number of aryl methyl sites for hydroxylation is 1. The Morgan fingerprint density at radius 1 is 1.09 bits per heavy atom. The summed E-state index contributed by atoms with van der Waals surface area (Å²) in [4.78, 5) is 24.9. The summed E-state index contributed by atoms with van der Waals surface area (Å²) in [6, 6.07) is 9.27. The van der Waals surface area contributed by atoms with Crippen LogP contribution >= 0.6 is 0 Å². The molecule has 0 saturated carbocycles. The molecule has 0 aliphatic heterocycles. The molecule has 0 atom stereocenters. The molecule has 0 aliphatic rings. The lowest BCUT2D eigenvalue weighted by atomic mass is 10.2. The molecule has 0 bridgehead atoms. The zero-order chi connectivity index (χ0) is 16.9. The normalized spacial score (nSPS) is 11.0. The molecule has 1 heterocycles. The second-order valence-corrected chi connectivity index (χ2v) is 6.32. The van der Waals surface area contributed by atoms with Gasteiger partial charge in [-0.15, -0.1) is 4.83 Å². The fourth-order valence-electron chi connectivity index (χ4n) is 1.61. The number of hydrogen-bond acceptors (Lipinski definition) is 5. The van der Waals surface area contributed by atoms with E-state index in [0.29, 0.717) is 5.76 Å². The van der Waals surface area contributed by atoms with Crippen LogP contribution in [0.25, 0.3) is 0 Å². The minimum absolute atomic E-state index is 0.0178. The zero-order valence-corrected chi connectivity index (χ0v) is 13.0. The molecule has 3 N–H and O–H groups in total. The van der Waals surface area contributed by atoms with Gasteiger partial charge in [-0.2, -0.15) is 0 Å². The summed E-state index contributed by atoms with van der Waals surface area (Å²) in [6.07, 6.45) is 1.43. The molecule has 2 aromatic rings. The average Bonchev–Trinajstić information content (AvgIpc) is 3.04. The fraction of sp³-hybridized carbons (Fsp3) is 0.143. The van der Waals surface area contributed by atoms with Gasteiger partial charge in [0.05, 0.1) is 17.7 Å². The largest absolute Gasteiger partial charge is 0.467 e. The number of sulfonamides is 1. The molecule has 23 heavy (non-hydrogen) atoms. The molecular weight excluding hydrogens is 322 g/mol. The second kappa shape index (κ2) is 7.07. The van der Waals surface area contributed by atoms with Gasteiger partial charge in [-0.1, -0.05) is 17.7 Å². The Hall–Kier alpha value is -2.65. The van der Waals surface area contributed by atoms with Crippen molar-refractivity contribution in [1.82, 2.24) is 15.6 Å². The molecule has 1 aromatic heterocycles. The summed E-state index contributed by atoms with van der Waals surface area (Å²) in [5.41, 5.74) is 2.74. The van der Waals surface area contributed by atoms with Gasteiger partial charge in [0.15, 0.2) is 0 Å². The van der Waals surface area contributed by atoms with Crippen molar-refractivity contribution in [3.63, 3.8) is 0 Å². The van der Waals surface area contributed by atoms with Gasteiger partial charge in [0.2, 0.25) is 0 Å². The molecule has 0 fully saturated rings. The van der Waals surface area contributed by atoms with E-state index in [1.54, 1.807) is 24.3 Å². The molecule has 2 amide bonds. The number of nitrogens with one attached hydrogen (secondary N) is 3. The first kappa shape index (κ1) is 16.7. The van der Waals surface area contributed by atoms with Crippen LogP contribution in [-0.4, -0.2) is 20.2 Å². The lowest BCUT2D eigenvalue weighted by molar-refractivity contribution is -0.139. The van der Waals surface area contributed by atoms with Gasteiger partial charge >= 0.3 is 11.8 Å². The van der Waals surface area contributed by atoms with Crippen LogP contribution in [0.5, 0.6) is 0 Å². The maximum atomic E-state index is 11.9. The molecule has 0 radical (unpaired) electrons. The predicted octanol–water partition coefficient (Wildman–Crippen LogP) is 0.214. The molecule has 0 spiro atoms. The Morgan fingerprint density at radius 3 is 2.39 bits per heavy atom. The summed E-state index contributed by atoms with van der Waals surface area (Å²) in [5, 5.41) is 2.29. The molecule has 122 valence electrons. The quantitative estimate of drug-likeness (QED) is 0.533. The van der Waals surface area contributed by atoms with E-state index in [-0.39, 0.29) is 11.4 Å². The minimum Gasteiger partial charge on any atom is -0.467 e. The van der Waals surface area contributed by atoms with E-state index in [2.05, 4.69) is 5.32 Å². The maximum absolute atomic E-state index is 11.9. The van der Waals surface area contributed by atoms with E-state index in [1.165, 1.54) is 18.4 Å². The van der Waals surface area contributed by atoms with Gasteiger partial charge in [-0.05, 0) is 31.2 Å². The van der Waals surface area contributed by atoms with Gasteiger partial charge in [0.25, 0.3) is 10.0 Å². The first-order valence-electron chi connectivity index (χ1n) is 6.57. The van der Waals surface area contributed by atoms with Crippen molar-refractivity contribution < 1.29 is 22.4 Å². The Bertz CT molecular complexity index is 782. The summed E-state index contributed by atoms with van der Waals surface area (Å²) in [6.45, 7) is 1.83. The first-order valence-corrected chi connectivity index (χ1v) is 8.06. The van der Waals surface area contributed by atoms with Crippen molar-refractivity contribution in [3.8, 4) is 0 Å². The predicted molar refractivity (Wildman–Crippen MR) is 80.2 cm³/mol. The SMILES string of the molecule is Cc1ccc(S(=O)(=O)NNC(=O)C(=O)NCc2ccco2)cc1. The van der Waals surface area contributed by atoms with Crippen molar-refractivity contribution in [2.75, 3.05) is 0 Å². The Morgan fingerprint density at radius 2 is 1.78 bits per heavy atom. The first-order chi connectivity index (χ1) is 10.9. The monoisotopic (exact) mass is 337 g/mol. The van der Waals surface area contributed by atoms with Crippen molar-refractivity contribution in [3.05, 3.63) is 54.0 Å². The van der Waals surface area contributed by atoms with E-state index in [4.69, 9.17) is 4.42 Å². The van der Waals surface area contributed by atoms with Crippen molar-refractivity contribution >= 4 is 21.8 Å². The Balaban J connectivity index is 1.87. The summed E-state index contributed by atoms with van der Waals surface area (Å²) < 4.78 is 28.9. The lowest BCUT2D eigenvalue weighted by Crippen LogP contribution is -2.48. The van der Waals surface area contributed by atoms with Crippen molar-refractivity contribution in [2.45, 2.75) is 18.4 Å². The highest BCUT2D eigenvalue weighted by molar-refractivity contribution is 7.89. The molecule has 9 heteroatoms. The van der Waals surface area contributed by atoms with E-state index in [9.17, 15) is 18.0 Å². The highest BCUT2D eigenvalue weighted by Gasteiger charge is 2.18.